The number of nitrogens with one attached hydrogen (secondary N) is 1. The molecular formula is C9H13ClN2O. The molecule has 3 N–H and O–H groups in total. The van der Waals surface area contributed by atoms with E-state index in [1.54, 1.807) is 13.2 Å². The molecule has 0 amide bonds. The number of hydrogen-bond donors (Lipinski definition) is 2. The van der Waals surface area contributed by atoms with Crippen LogP contribution < -0.4 is 16.0 Å². The zero-order valence-electron chi connectivity index (χ0n) is 7.67. The fourth-order valence-corrected chi connectivity index (χ4v) is 1.31. The van der Waals surface area contributed by atoms with Gasteiger partial charge in [0.15, 0.2) is 0 Å². The Morgan fingerprint density at radius 3 is 2.77 bits per heavy atom. The molecule has 3 nitrogen and oxygen atoms in total. The maximum atomic E-state index is 5.85. The second-order valence-electron chi connectivity index (χ2n) is 2.77. The molecule has 4 heteroatoms. The quantitative estimate of drug-likeness (QED) is 0.579. The van der Waals surface area contributed by atoms with Crippen LogP contribution in [0.2, 0.25) is 5.02 Å². The number of benzene rings is 1. The molecule has 0 saturated heterocycles. The monoisotopic (exact) mass is 200 g/mol. The average molecular weight is 201 g/mol. The van der Waals surface area contributed by atoms with E-state index >= 15 is 0 Å². The maximum absolute atomic E-state index is 5.85. The molecule has 1 aromatic rings. The second-order valence-corrected chi connectivity index (χ2v) is 3.21. The minimum Gasteiger partial charge on any atom is -0.496 e. The van der Waals surface area contributed by atoms with E-state index in [-0.39, 0.29) is 6.04 Å². The van der Waals surface area contributed by atoms with E-state index in [4.69, 9.17) is 22.2 Å². The summed E-state index contributed by atoms with van der Waals surface area (Å²) in [6, 6.07) is 5.47. The van der Waals surface area contributed by atoms with Crippen molar-refractivity contribution >= 4 is 11.6 Å². The summed E-state index contributed by atoms with van der Waals surface area (Å²) < 4.78 is 5.17. The standard InChI is InChI=1S/C9H13ClN2O/c1-6(12-11)8-5-7(10)3-4-9(8)13-2/h3-6,12H,11H2,1-2H3. The molecule has 0 bridgehead atoms. The van der Waals surface area contributed by atoms with Gasteiger partial charge in [-0.05, 0) is 25.1 Å². The highest BCUT2D eigenvalue weighted by molar-refractivity contribution is 6.30. The Kier molecular flexibility index (Phi) is 3.54. The van der Waals surface area contributed by atoms with Crippen LogP contribution in [0, 0.1) is 0 Å². The van der Waals surface area contributed by atoms with Gasteiger partial charge in [-0.3, -0.25) is 11.3 Å². The van der Waals surface area contributed by atoms with Gasteiger partial charge in [-0.15, -0.1) is 0 Å². The van der Waals surface area contributed by atoms with Crippen molar-refractivity contribution in [2.24, 2.45) is 5.84 Å². The summed E-state index contributed by atoms with van der Waals surface area (Å²) in [7, 11) is 1.62. The topological polar surface area (TPSA) is 47.3 Å². The first-order chi connectivity index (χ1) is 6.19. The predicted octanol–water partition coefficient (Wildman–Crippen LogP) is 1.87. The Morgan fingerprint density at radius 2 is 2.23 bits per heavy atom. The highest BCUT2D eigenvalue weighted by Gasteiger charge is 2.09. The number of hydrogen-bond acceptors (Lipinski definition) is 3. The molecule has 1 unspecified atom stereocenters. The third kappa shape index (κ3) is 2.34. The van der Waals surface area contributed by atoms with Gasteiger partial charge < -0.3 is 4.74 Å². The molecule has 72 valence electrons. The van der Waals surface area contributed by atoms with Gasteiger partial charge >= 0.3 is 0 Å². The molecule has 0 spiro atoms. The number of rotatable bonds is 3. The summed E-state index contributed by atoms with van der Waals surface area (Å²) in [4.78, 5) is 0. The van der Waals surface area contributed by atoms with Gasteiger partial charge in [0.1, 0.15) is 5.75 Å². The van der Waals surface area contributed by atoms with Gasteiger partial charge in [0, 0.05) is 16.6 Å². The lowest BCUT2D eigenvalue weighted by Gasteiger charge is -2.14. The number of halogens is 1. The highest BCUT2D eigenvalue weighted by atomic mass is 35.5. The Morgan fingerprint density at radius 1 is 1.54 bits per heavy atom. The molecule has 0 aliphatic heterocycles. The molecule has 0 aliphatic carbocycles. The molecule has 1 rings (SSSR count). The molecular weight excluding hydrogens is 188 g/mol. The lowest BCUT2D eigenvalue weighted by atomic mass is 10.1. The van der Waals surface area contributed by atoms with Crippen LogP contribution in [0.5, 0.6) is 5.75 Å². The number of hydrazine groups is 1. The van der Waals surface area contributed by atoms with Crippen molar-refractivity contribution in [1.82, 2.24) is 5.43 Å². The fraction of sp³-hybridized carbons (Fsp3) is 0.333. The summed E-state index contributed by atoms with van der Waals surface area (Å²) in [6.07, 6.45) is 0. The van der Waals surface area contributed by atoms with E-state index < -0.39 is 0 Å². The minimum absolute atomic E-state index is 0.0219. The van der Waals surface area contributed by atoms with Crippen LogP contribution in [0.3, 0.4) is 0 Å². The second kappa shape index (κ2) is 4.46. The first-order valence-electron chi connectivity index (χ1n) is 3.98. The Hall–Kier alpha value is -0.770. The molecule has 0 heterocycles. The SMILES string of the molecule is COc1ccc(Cl)cc1C(C)NN. The smallest absolute Gasteiger partial charge is 0.123 e. The molecule has 0 fully saturated rings. The normalized spacial score (nSPS) is 12.6. The first-order valence-corrected chi connectivity index (χ1v) is 4.36. The minimum atomic E-state index is 0.0219. The van der Waals surface area contributed by atoms with E-state index in [0.29, 0.717) is 5.02 Å². The predicted molar refractivity (Wildman–Crippen MR) is 53.7 cm³/mol. The lowest BCUT2D eigenvalue weighted by molar-refractivity contribution is 0.402. The summed E-state index contributed by atoms with van der Waals surface area (Å²) >= 11 is 5.85. The Bertz CT molecular complexity index is 291. The first kappa shape index (κ1) is 10.3. The molecule has 1 aromatic carbocycles. The van der Waals surface area contributed by atoms with Gasteiger partial charge in [0.2, 0.25) is 0 Å². The molecule has 1 atom stereocenters. The van der Waals surface area contributed by atoms with E-state index in [9.17, 15) is 0 Å². The molecule has 0 aromatic heterocycles. The summed E-state index contributed by atoms with van der Waals surface area (Å²) in [5.74, 6) is 6.12. The van der Waals surface area contributed by atoms with Gasteiger partial charge in [-0.25, -0.2) is 0 Å². The van der Waals surface area contributed by atoms with Gasteiger partial charge in [-0.2, -0.15) is 0 Å². The largest absolute Gasteiger partial charge is 0.496 e. The van der Waals surface area contributed by atoms with Crippen LogP contribution in [0.25, 0.3) is 0 Å². The maximum Gasteiger partial charge on any atom is 0.123 e. The van der Waals surface area contributed by atoms with Crippen molar-refractivity contribution < 1.29 is 4.74 Å². The van der Waals surface area contributed by atoms with Crippen molar-refractivity contribution in [3.05, 3.63) is 28.8 Å². The van der Waals surface area contributed by atoms with Gasteiger partial charge in [0.25, 0.3) is 0 Å². The van der Waals surface area contributed by atoms with Crippen molar-refractivity contribution in [3.8, 4) is 5.75 Å². The van der Waals surface area contributed by atoms with E-state index in [1.165, 1.54) is 0 Å². The van der Waals surface area contributed by atoms with Crippen molar-refractivity contribution in [2.75, 3.05) is 7.11 Å². The zero-order chi connectivity index (χ0) is 9.84. The fourth-order valence-electron chi connectivity index (χ4n) is 1.13. The van der Waals surface area contributed by atoms with Gasteiger partial charge in [-0.1, -0.05) is 11.6 Å². The molecule has 0 saturated carbocycles. The van der Waals surface area contributed by atoms with Crippen LogP contribution in [0.4, 0.5) is 0 Å². The third-order valence-electron chi connectivity index (χ3n) is 1.91. The number of ether oxygens (including phenoxy) is 1. The molecule has 0 radical (unpaired) electrons. The summed E-state index contributed by atoms with van der Waals surface area (Å²) in [5.41, 5.74) is 3.60. The van der Waals surface area contributed by atoms with E-state index in [2.05, 4.69) is 5.43 Å². The third-order valence-corrected chi connectivity index (χ3v) is 2.14. The van der Waals surface area contributed by atoms with Crippen LogP contribution >= 0.6 is 11.6 Å². The van der Waals surface area contributed by atoms with Crippen molar-refractivity contribution in [1.29, 1.82) is 0 Å². The lowest BCUT2D eigenvalue weighted by Crippen LogP contribution is -2.25. The van der Waals surface area contributed by atoms with Crippen LogP contribution in [-0.2, 0) is 0 Å². The van der Waals surface area contributed by atoms with Gasteiger partial charge in [0.05, 0.1) is 7.11 Å². The number of nitrogens with two attached hydrogens (primary N) is 1. The molecule has 0 aliphatic rings. The van der Waals surface area contributed by atoms with E-state index in [1.807, 2.05) is 19.1 Å². The zero-order valence-corrected chi connectivity index (χ0v) is 8.43. The Labute approximate surface area is 82.8 Å². The van der Waals surface area contributed by atoms with Crippen molar-refractivity contribution in [2.45, 2.75) is 13.0 Å². The van der Waals surface area contributed by atoms with Crippen LogP contribution in [-0.4, -0.2) is 7.11 Å². The van der Waals surface area contributed by atoms with Crippen molar-refractivity contribution in [3.63, 3.8) is 0 Å². The van der Waals surface area contributed by atoms with E-state index in [0.717, 1.165) is 11.3 Å². The summed E-state index contributed by atoms with van der Waals surface area (Å²) in [5, 5.41) is 0.679. The average Bonchev–Trinajstić information content (AvgIpc) is 2.16. The van der Waals surface area contributed by atoms with Crippen LogP contribution in [0.1, 0.15) is 18.5 Å². The Balaban J connectivity index is 3.07. The molecule has 13 heavy (non-hydrogen) atoms. The highest BCUT2D eigenvalue weighted by Crippen LogP contribution is 2.27. The van der Waals surface area contributed by atoms with Crippen LogP contribution in [0.15, 0.2) is 18.2 Å². The summed E-state index contributed by atoms with van der Waals surface area (Å²) in [6.45, 7) is 1.94. The number of methoxy groups -OCH3 is 1.